The van der Waals surface area contributed by atoms with Crippen LogP contribution in [-0.2, 0) is 26.4 Å². The summed E-state index contributed by atoms with van der Waals surface area (Å²) in [5, 5.41) is 9.75. The Morgan fingerprint density at radius 2 is 1.81 bits per heavy atom. The molecule has 3 heterocycles. The van der Waals surface area contributed by atoms with E-state index >= 15 is 0 Å². The van der Waals surface area contributed by atoms with Crippen molar-refractivity contribution in [3.05, 3.63) is 57.4 Å². The molecule has 1 saturated heterocycles. The number of aromatic nitrogens is 2. The number of amides is 1. The standard InChI is InChI=1S/C24H29N5OS/c1-3-28-11-13-29(14-12-28)16-17-4-6-18(7-5-17)25-24(30)22-20-8-9-21-19(10-15-31-21)23(20)27(2)26-22/h4-7,10,15H,3,8-9,11-14,16H2,1-2H3,(H,25,30). The molecule has 0 bridgehead atoms. The van der Waals surface area contributed by atoms with E-state index < -0.39 is 0 Å². The first-order valence-corrected chi connectivity index (χ1v) is 12.0. The summed E-state index contributed by atoms with van der Waals surface area (Å²) < 4.78 is 1.86. The van der Waals surface area contributed by atoms with Gasteiger partial charge in [-0.2, -0.15) is 5.10 Å². The van der Waals surface area contributed by atoms with E-state index in [1.54, 1.807) is 11.3 Å². The van der Waals surface area contributed by atoms with Gasteiger partial charge in [0.1, 0.15) is 0 Å². The van der Waals surface area contributed by atoms with Crippen molar-refractivity contribution in [2.75, 3.05) is 38.0 Å². The van der Waals surface area contributed by atoms with Crippen LogP contribution in [0.5, 0.6) is 0 Å². The predicted octanol–water partition coefficient (Wildman–Crippen LogP) is 3.64. The number of fused-ring (bicyclic) bond motifs is 3. The molecule has 1 aliphatic carbocycles. The van der Waals surface area contributed by atoms with Crippen molar-refractivity contribution in [3.63, 3.8) is 0 Å². The van der Waals surface area contributed by atoms with Crippen LogP contribution in [0.3, 0.4) is 0 Å². The van der Waals surface area contributed by atoms with Gasteiger partial charge >= 0.3 is 0 Å². The highest BCUT2D eigenvalue weighted by molar-refractivity contribution is 7.10. The lowest BCUT2D eigenvalue weighted by Crippen LogP contribution is -2.45. The van der Waals surface area contributed by atoms with Crippen molar-refractivity contribution >= 4 is 22.9 Å². The van der Waals surface area contributed by atoms with E-state index in [9.17, 15) is 4.79 Å². The molecule has 0 radical (unpaired) electrons. The quantitative estimate of drug-likeness (QED) is 0.665. The molecule has 162 valence electrons. The largest absolute Gasteiger partial charge is 0.321 e. The van der Waals surface area contributed by atoms with Gasteiger partial charge in [-0.15, -0.1) is 11.3 Å². The molecule has 1 N–H and O–H groups in total. The van der Waals surface area contributed by atoms with E-state index in [0.717, 1.165) is 69.1 Å². The number of anilines is 1. The number of hydrogen-bond donors (Lipinski definition) is 1. The number of likely N-dealkylation sites (N-methyl/N-ethyl adjacent to an activating group) is 1. The Balaban J connectivity index is 1.25. The summed E-state index contributed by atoms with van der Waals surface area (Å²) >= 11 is 1.79. The molecule has 7 heteroatoms. The SMILES string of the molecule is CCN1CCN(Cc2ccc(NC(=O)c3nn(C)c4c3CCc3sccc3-4)cc2)CC1. The minimum Gasteiger partial charge on any atom is -0.321 e. The molecular formula is C24H29N5OS. The summed E-state index contributed by atoms with van der Waals surface area (Å²) in [4.78, 5) is 19.4. The molecule has 1 fully saturated rings. The Morgan fingerprint density at radius 1 is 1.06 bits per heavy atom. The van der Waals surface area contributed by atoms with Crippen LogP contribution in [0.25, 0.3) is 11.3 Å². The van der Waals surface area contributed by atoms with E-state index in [1.165, 1.54) is 16.0 Å². The van der Waals surface area contributed by atoms with Gasteiger partial charge in [0.2, 0.25) is 0 Å². The second-order valence-electron chi connectivity index (χ2n) is 8.42. The molecule has 31 heavy (non-hydrogen) atoms. The number of nitrogens with zero attached hydrogens (tertiary/aromatic N) is 4. The van der Waals surface area contributed by atoms with Crippen LogP contribution in [0, 0.1) is 0 Å². The van der Waals surface area contributed by atoms with Crippen molar-refractivity contribution in [2.24, 2.45) is 7.05 Å². The highest BCUT2D eigenvalue weighted by atomic mass is 32.1. The Morgan fingerprint density at radius 3 is 2.55 bits per heavy atom. The third kappa shape index (κ3) is 4.05. The highest BCUT2D eigenvalue weighted by Gasteiger charge is 2.28. The summed E-state index contributed by atoms with van der Waals surface area (Å²) in [5.41, 5.74) is 6.02. The van der Waals surface area contributed by atoms with E-state index in [4.69, 9.17) is 0 Å². The zero-order chi connectivity index (χ0) is 21.4. The fourth-order valence-corrected chi connectivity index (χ4v) is 5.59. The maximum absolute atomic E-state index is 13.0. The van der Waals surface area contributed by atoms with Gasteiger partial charge in [0.05, 0.1) is 5.69 Å². The number of nitrogens with one attached hydrogen (secondary N) is 1. The summed E-state index contributed by atoms with van der Waals surface area (Å²) in [6.45, 7) is 8.84. The molecule has 3 aromatic rings. The zero-order valence-electron chi connectivity index (χ0n) is 18.2. The topological polar surface area (TPSA) is 53.4 Å². The van der Waals surface area contributed by atoms with E-state index in [0.29, 0.717) is 5.69 Å². The van der Waals surface area contributed by atoms with E-state index in [1.807, 2.05) is 23.9 Å². The Hall–Kier alpha value is -2.48. The molecular weight excluding hydrogens is 406 g/mol. The molecule has 0 atom stereocenters. The fourth-order valence-electron chi connectivity index (χ4n) is 4.71. The van der Waals surface area contributed by atoms with Crippen LogP contribution in [0.15, 0.2) is 35.7 Å². The lowest BCUT2D eigenvalue weighted by Gasteiger charge is -2.34. The van der Waals surface area contributed by atoms with Gasteiger partial charge in [0, 0.05) is 61.5 Å². The summed E-state index contributed by atoms with van der Waals surface area (Å²) in [7, 11) is 1.93. The highest BCUT2D eigenvalue weighted by Crippen LogP contribution is 2.37. The molecule has 0 saturated carbocycles. The Labute approximate surface area is 187 Å². The van der Waals surface area contributed by atoms with Crippen LogP contribution in [-0.4, -0.2) is 58.2 Å². The molecule has 1 aromatic carbocycles. The van der Waals surface area contributed by atoms with Gasteiger partial charge in [0.25, 0.3) is 5.91 Å². The van der Waals surface area contributed by atoms with Gasteiger partial charge < -0.3 is 10.2 Å². The van der Waals surface area contributed by atoms with E-state index in [2.05, 4.69) is 50.7 Å². The van der Waals surface area contributed by atoms with E-state index in [-0.39, 0.29) is 5.91 Å². The number of benzene rings is 1. The van der Waals surface area contributed by atoms with Crippen LogP contribution in [0.1, 0.15) is 33.4 Å². The number of piperazine rings is 1. The Bertz CT molecular complexity index is 1080. The van der Waals surface area contributed by atoms with Crippen molar-refractivity contribution in [1.82, 2.24) is 19.6 Å². The summed E-state index contributed by atoms with van der Waals surface area (Å²) in [5.74, 6) is -0.126. The molecule has 2 aliphatic rings. The smallest absolute Gasteiger partial charge is 0.276 e. The molecule has 0 spiro atoms. The molecule has 0 unspecified atom stereocenters. The molecule has 1 amide bonds. The average molecular weight is 436 g/mol. The number of rotatable bonds is 5. The molecule has 6 nitrogen and oxygen atoms in total. The first-order valence-electron chi connectivity index (χ1n) is 11.1. The number of carbonyl (C=O) groups excluding carboxylic acids is 1. The maximum atomic E-state index is 13.0. The zero-order valence-corrected chi connectivity index (χ0v) is 19.0. The first kappa shape index (κ1) is 20.4. The summed E-state index contributed by atoms with van der Waals surface area (Å²) in [6.07, 6.45) is 1.84. The second kappa shape index (κ2) is 8.57. The molecule has 5 rings (SSSR count). The van der Waals surface area contributed by atoms with Crippen molar-refractivity contribution < 1.29 is 4.79 Å². The molecule has 2 aromatic heterocycles. The van der Waals surface area contributed by atoms with Gasteiger partial charge in [-0.1, -0.05) is 19.1 Å². The third-order valence-corrected chi connectivity index (χ3v) is 7.47. The lowest BCUT2D eigenvalue weighted by molar-refractivity contribution is 0.102. The number of hydrogen-bond acceptors (Lipinski definition) is 5. The minimum atomic E-state index is -0.126. The predicted molar refractivity (Wildman–Crippen MR) is 126 cm³/mol. The second-order valence-corrected chi connectivity index (χ2v) is 9.42. The van der Waals surface area contributed by atoms with Gasteiger partial charge in [-0.3, -0.25) is 14.4 Å². The summed E-state index contributed by atoms with van der Waals surface area (Å²) in [6, 6.07) is 10.4. The number of thiophene rings is 1. The van der Waals surface area contributed by atoms with Crippen LogP contribution in [0.4, 0.5) is 5.69 Å². The average Bonchev–Trinajstić information content (AvgIpc) is 3.40. The van der Waals surface area contributed by atoms with Crippen molar-refractivity contribution in [3.8, 4) is 11.3 Å². The monoisotopic (exact) mass is 435 g/mol. The fraction of sp³-hybridized carbons (Fsp3) is 0.417. The maximum Gasteiger partial charge on any atom is 0.276 e. The first-order chi connectivity index (χ1) is 15.1. The van der Waals surface area contributed by atoms with Crippen LogP contribution < -0.4 is 5.32 Å². The van der Waals surface area contributed by atoms with Crippen molar-refractivity contribution in [2.45, 2.75) is 26.3 Å². The van der Waals surface area contributed by atoms with Gasteiger partial charge in [-0.25, -0.2) is 0 Å². The van der Waals surface area contributed by atoms with Crippen molar-refractivity contribution in [1.29, 1.82) is 0 Å². The Kier molecular flexibility index (Phi) is 5.65. The van der Waals surface area contributed by atoms with Crippen LogP contribution >= 0.6 is 11.3 Å². The normalized spacial score (nSPS) is 16.7. The third-order valence-electron chi connectivity index (χ3n) is 6.49. The van der Waals surface area contributed by atoms with Gasteiger partial charge in [-0.05, 0) is 48.5 Å². The molecule has 1 aliphatic heterocycles. The van der Waals surface area contributed by atoms with Gasteiger partial charge in [0.15, 0.2) is 5.69 Å². The minimum absolute atomic E-state index is 0.126. The number of carbonyl (C=O) groups is 1. The lowest BCUT2D eigenvalue weighted by atomic mass is 9.94. The van der Waals surface area contributed by atoms with Crippen LogP contribution in [0.2, 0.25) is 0 Å². The number of aryl methyl sites for hydroxylation is 2.